The average molecular weight is 357 g/mol. The van der Waals surface area contributed by atoms with Crippen molar-refractivity contribution in [1.29, 1.82) is 0 Å². The van der Waals surface area contributed by atoms with Crippen LogP contribution in [0.15, 0.2) is 24.3 Å². The molecule has 0 radical (unpaired) electrons. The van der Waals surface area contributed by atoms with Gasteiger partial charge in [-0.1, -0.05) is 17.7 Å². The predicted octanol–water partition coefficient (Wildman–Crippen LogP) is 2.94. The Hall–Kier alpha value is -2.37. The Bertz CT molecular complexity index is 706. The van der Waals surface area contributed by atoms with E-state index in [1.54, 1.807) is 6.92 Å². The van der Waals surface area contributed by atoms with Gasteiger partial charge >= 0.3 is 6.03 Å². The van der Waals surface area contributed by atoms with E-state index in [1.807, 2.05) is 49.9 Å². The largest absolute Gasteiger partial charge is 0.336 e. The molecule has 6 heteroatoms. The second-order valence-electron chi connectivity index (χ2n) is 7.52. The number of benzene rings is 1. The highest BCUT2D eigenvalue weighted by atomic mass is 16.2. The number of hydrogen-bond acceptors (Lipinski definition) is 3. The summed E-state index contributed by atoms with van der Waals surface area (Å²) in [5.41, 5.74) is 1.76. The first-order valence-electron chi connectivity index (χ1n) is 9.33. The standard InChI is InChI=1S/C20H27N3O3/c1-13-8-10-17(11-9-13)23-16(4)19(25)21(20(23)26)12-18(24)22-14(2)6-5-7-15(22)3/h8-11,14-16H,5-7,12H2,1-4H3/t14-,15-,16-/m0/s1. The molecular formula is C20H27N3O3. The van der Waals surface area contributed by atoms with E-state index < -0.39 is 12.1 Å². The second kappa shape index (κ2) is 7.09. The first kappa shape index (κ1) is 18.4. The maximum atomic E-state index is 12.9. The third-order valence-electron chi connectivity index (χ3n) is 5.53. The van der Waals surface area contributed by atoms with Crippen LogP contribution in [0.4, 0.5) is 10.5 Å². The van der Waals surface area contributed by atoms with E-state index in [-0.39, 0.29) is 30.4 Å². The number of imide groups is 1. The van der Waals surface area contributed by atoms with Crippen LogP contribution in [-0.2, 0) is 9.59 Å². The van der Waals surface area contributed by atoms with Gasteiger partial charge in [0.05, 0.1) is 0 Å². The van der Waals surface area contributed by atoms with Crippen molar-refractivity contribution in [2.45, 2.75) is 65.1 Å². The average Bonchev–Trinajstić information content (AvgIpc) is 2.79. The predicted molar refractivity (Wildman–Crippen MR) is 99.9 cm³/mol. The number of carbonyl (C=O) groups excluding carboxylic acids is 3. The van der Waals surface area contributed by atoms with Crippen LogP contribution in [-0.4, -0.2) is 52.3 Å². The topological polar surface area (TPSA) is 60.9 Å². The zero-order valence-electron chi connectivity index (χ0n) is 15.9. The van der Waals surface area contributed by atoms with E-state index >= 15 is 0 Å². The zero-order valence-corrected chi connectivity index (χ0v) is 15.9. The number of nitrogens with zero attached hydrogens (tertiary/aromatic N) is 3. The van der Waals surface area contributed by atoms with E-state index in [4.69, 9.17) is 0 Å². The molecule has 2 saturated heterocycles. The van der Waals surface area contributed by atoms with Gasteiger partial charge in [-0.2, -0.15) is 0 Å². The summed E-state index contributed by atoms with van der Waals surface area (Å²) in [6.45, 7) is 7.55. The van der Waals surface area contributed by atoms with Crippen LogP contribution in [0.25, 0.3) is 0 Å². The number of rotatable bonds is 3. The Morgan fingerprint density at radius 2 is 1.62 bits per heavy atom. The van der Waals surface area contributed by atoms with Gasteiger partial charge in [-0.3, -0.25) is 19.4 Å². The first-order valence-corrected chi connectivity index (χ1v) is 9.33. The van der Waals surface area contributed by atoms with Crippen molar-refractivity contribution in [2.24, 2.45) is 0 Å². The van der Waals surface area contributed by atoms with Crippen molar-refractivity contribution in [3.05, 3.63) is 29.8 Å². The van der Waals surface area contributed by atoms with Crippen molar-refractivity contribution in [3.63, 3.8) is 0 Å². The number of piperidine rings is 1. The minimum absolute atomic E-state index is 0.143. The summed E-state index contributed by atoms with van der Waals surface area (Å²) in [4.78, 5) is 42.7. The molecule has 0 bridgehead atoms. The molecule has 2 aliphatic heterocycles. The fourth-order valence-electron chi connectivity index (χ4n) is 4.04. The molecule has 4 amide bonds. The molecule has 0 unspecified atom stereocenters. The summed E-state index contributed by atoms with van der Waals surface area (Å²) >= 11 is 0. The number of amides is 4. The number of carbonyl (C=O) groups is 3. The molecule has 3 atom stereocenters. The van der Waals surface area contributed by atoms with Crippen molar-refractivity contribution < 1.29 is 14.4 Å². The first-order chi connectivity index (χ1) is 12.3. The van der Waals surface area contributed by atoms with Gasteiger partial charge in [0.2, 0.25) is 5.91 Å². The molecule has 0 saturated carbocycles. The van der Waals surface area contributed by atoms with Gasteiger partial charge in [0.15, 0.2) is 0 Å². The molecule has 0 aromatic heterocycles. The summed E-state index contributed by atoms with van der Waals surface area (Å²) in [5, 5.41) is 0. The molecule has 1 aromatic rings. The molecule has 6 nitrogen and oxygen atoms in total. The highest BCUT2D eigenvalue weighted by Gasteiger charge is 2.45. The van der Waals surface area contributed by atoms with Crippen LogP contribution in [0.1, 0.15) is 45.6 Å². The number of hydrogen-bond donors (Lipinski definition) is 0. The molecule has 140 valence electrons. The molecule has 2 fully saturated rings. The molecule has 1 aromatic carbocycles. The summed E-state index contributed by atoms with van der Waals surface area (Å²) in [6.07, 6.45) is 3.03. The van der Waals surface area contributed by atoms with Gasteiger partial charge in [-0.15, -0.1) is 0 Å². The van der Waals surface area contributed by atoms with Crippen LogP contribution in [0.5, 0.6) is 0 Å². The van der Waals surface area contributed by atoms with Gasteiger partial charge in [0.25, 0.3) is 5.91 Å². The number of likely N-dealkylation sites (tertiary alicyclic amines) is 1. The van der Waals surface area contributed by atoms with Crippen molar-refractivity contribution in [1.82, 2.24) is 9.80 Å². The van der Waals surface area contributed by atoms with E-state index in [1.165, 1.54) is 4.90 Å². The van der Waals surface area contributed by atoms with Gasteiger partial charge < -0.3 is 4.90 Å². The lowest BCUT2D eigenvalue weighted by Gasteiger charge is -2.39. The lowest BCUT2D eigenvalue weighted by Crippen LogP contribution is -2.52. The Labute approximate surface area is 154 Å². The second-order valence-corrected chi connectivity index (χ2v) is 7.52. The Morgan fingerprint density at radius 1 is 1.04 bits per heavy atom. The number of anilines is 1. The minimum atomic E-state index is -0.603. The molecule has 26 heavy (non-hydrogen) atoms. The van der Waals surface area contributed by atoms with Gasteiger partial charge in [0.1, 0.15) is 12.6 Å². The monoisotopic (exact) mass is 357 g/mol. The van der Waals surface area contributed by atoms with E-state index in [0.717, 1.165) is 29.7 Å². The third-order valence-corrected chi connectivity index (χ3v) is 5.53. The van der Waals surface area contributed by atoms with Gasteiger partial charge in [-0.25, -0.2) is 4.79 Å². The van der Waals surface area contributed by atoms with Crippen LogP contribution < -0.4 is 4.90 Å². The van der Waals surface area contributed by atoms with E-state index in [2.05, 4.69) is 0 Å². The van der Waals surface area contributed by atoms with Gasteiger partial charge in [0, 0.05) is 17.8 Å². The highest BCUT2D eigenvalue weighted by Crippen LogP contribution is 2.27. The maximum absolute atomic E-state index is 12.9. The third kappa shape index (κ3) is 3.20. The Kier molecular flexibility index (Phi) is 5.03. The molecule has 2 aliphatic rings. The maximum Gasteiger partial charge on any atom is 0.332 e. The fourth-order valence-corrected chi connectivity index (χ4v) is 4.04. The SMILES string of the molecule is Cc1ccc(N2C(=O)N(CC(=O)N3[C@@H](C)CCC[C@@H]3C)C(=O)[C@@H]2C)cc1. The summed E-state index contributed by atoms with van der Waals surface area (Å²) < 4.78 is 0. The minimum Gasteiger partial charge on any atom is -0.336 e. The quantitative estimate of drug-likeness (QED) is 0.782. The molecule has 0 aliphatic carbocycles. The molecule has 2 heterocycles. The molecule has 3 rings (SSSR count). The summed E-state index contributed by atoms with van der Waals surface area (Å²) in [5.74, 6) is -0.467. The van der Waals surface area contributed by atoms with E-state index in [9.17, 15) is 14.4 Å². The normalized spacial score (nSPS) is 26.6. The van der Waals surface area contributed by atoms with Crippen LogP contribution in [0, 0.1) is 6.92 Å². The van der Waals surface area contributed by atoms with Gasteiger partial charge in [-0.05, 0) is 59.1 Å². The Balaban J connectivity index is 1.78. The molecular weight excluding hydrogens is 330 g/mol. The summed E-state index contributed by atoms with van der Waals surface area (Å²) in [6, 6.07) is 6.74. The smallest absolute Gasteiger partial charge is 0.332 e. The lowest BCUT2D eigenvalue weighted by atomic mass is 9.97. The van der Waals surface area contributed by atoms with E-state index in [0.29, 0.717) is 5.69 Å². The fraction of sp³-hybridized carbons (Fsp3) is 0.550. The van der Waals surface area contributed by atoms with Crippen LogP contribution >= 0.6 is 0 Å². The lowest BCUT2D eigenvalue weighted by molar-refractivity contribution is -0.141. The highest BCUT2D eigenvalue weighted by molar-refractivity contribution is 6.15. The summed E-state index contributed by atoms with van der Waals surface area (Å²) in [7, 11) is 0. The van der Waals surface area contributed by atoms with Crippen LogP contribution in [0.3, 0.4) is 0 Å². The molecule has 0 N–H and O–H groups in total. The number of aryl methyl sites for hydroxylation is 1. The zero-order chi connectivity index (χ0) is 19.0. The van der Waals surface area contributed by atoms with Crippen molar-refractivity contribution in [3.8, 4) is 0 Å². The van der Waals surface area contributed by atoms with Crippen LogP contribution in [0.2, 0.25) is 0 Å². The Morgan fingerprint density at radius 3 is 2.19 bits per heavy atom. The van der Waals surface area contributed by atoms with Crippen molar-refractivity contribution >= 4 is 23.5 Å². The number of urea groups is 1. The molecule has 0 spiro atoms. The van der Waals surface area contributed by atoms with Crippen molar-refractivity contribution in [2.75, 3.05) is 11.4 Å².